The Morgan fingerprint density at radius 3 is 2.25 bits per heavy atom. The van der Waals surface area contributed by atoms with Crippen molar-refractivity contribution in [1.29, 1.82) is 0 Å². The van der Waals surface area contributed by atoms with Crippen LogP contribution < -0.4 is 5.32 Å². The molecule has 1 aromatic carbocycles. The largest absolute Gasteiger partial charge is 0.505 e. The Balaban J connectivity index is 1.95. The summed E-state index contributed by atoms with van der Waals surface area (Å²) in [5, 5.41) is 12.6. The Bertz CT molecular complexity index is 838. The van der Waals surface area contributed by atoms with Gasteiger partial charge in [-0.2, -0.15) is 0 Å². The third-order valence-electron chi connectivity index (χ3n) is 3.56. The lowest BCUT2D eigenvalue weighted by Crippen LogP contribution is -2.29. The number of halogens is 1. The number of nitrogens with one attached hydrogen (secondary N) is 1. The summed E-state index contributed by atoms with van der Waals surface area (Å²) in [6.45, 7) is 0. The van der Waals surface area contributed by atoms with Crippen LogP contribution in [0.1, 0.15) is 27.5 Å². The zero-order chi connectivity index (χ0) is 16.9. The molecule has 0 saturated carbocycles. The smallest absolute Gasteiger partial charge is 0.255 e. The zero-order valence-corrected chi connectivity index (χ0v) is 12.6. The second kappa shape index (κ2) is 6.87. The van der Waals surface area contributed by atoms with E-state index in [1.807, 2.05) is 0 Å². The topological polar surface area (TPSA) is 75.1 Å². The van der Waals surface area contributed by atoms with Crippen molar-refractivity contribution in [1.82, 2.24) is 15.3 Å². The van der Waals surface area contributed by atoms with Gasteiger partial charge in [-0.1, -0.05) is 12.1 Å². The lowest BCUT2D eigenvalue weighted by atomic mass is 9.99. The van der Waals surface area contributed by atoms with E-state index >= 15 is 0 Å². The fourth-order valence-electron chi connectivity index (χ4n) is 2.36. The molecule has 1 amide bonds. The number of hydrogen-bond acceptors (Lipinski definition) is 4. The first-order valence-electron chi connectivity index (χ1n) is 7.24. The summed E-state index contributed by atoms with van der Waals surface area (Å²) in [7, 11) is 0. The van der Waals surface area contributed by atoms with E-state index in [4.69, 9.17) is 0 Å². The molecular formula is C18H14FN3O2. The maximum Gasteiger partial charge on any atom is 0.255 e. The van der Waals surface area contributed by atoms with Crippen molar-refractivity contribution in [2.24, 2.45) is 0 Å². The average molecular weight is 323 g/mol. The summed E-state index contributed by atoms with van der Waals surface area (Å²) < 4.78 is 13.2. The Labute approximate surface area is 137 Å². The van der Waals surface area contributed by atoms with Gasteiger partial charge in [-0.25, -0.2) is 4.39 Å². The number of hydrogen-bond donors (Lipinski definition) is 2. The van der Waals surface area contributed by atoms with Gasteiger partial charge in [0.1, 0.15) is 11.6 Å². The lowest BCUT2D eigenvalue weighted by molar-refractivity contribution is 0.0940. The van der Waals surface area contributed by atoms with Crippen LogP contribution in [0.5, 0.6) is 5.75 Å². The summed E-state index contributed by atoms with van der Waals surface area (Å²) in [6, 6.07) is 10.3. The second-order valence-electron chi connectivity index (χ2n) is 5.13. The van der Waals surface area contributed by atoms with Crippen molar-refractivity contribution in [3.05, 3.63) is 89.8 Å². The van der Waals surface area contributed by atoms with Gasteiger partial charge in [-0.15, -0.1) is 0 Å². The first kappa shape index (κ1) is 15.6. The standard InChI is InChI=1S/C18H14FN3O2/c19-14-3-1-12(2-4-14)17(13-5-8-20-9-6-13)22-18(24)15-7-10-21-11-16(15)23/h1-11,17,23H,(H,22,24)/t17-/m0/s1. The van der Waals surface area contributed by atoms with Crippen LogP contribution in [0, 0.1) is 5.82 Å². The van der Waals surface area contributed by atoms with Crippen LogP contribution >= 0.6 is 0 Å². The third-order valence-corrected chi connectivity index (χ3v) is 3.56. The van der Waals surface area contributed by atoms with Crippen LogP contribution in [0.25, 0.3) is 0 Å². The second-order valence-corrected chi connectivity index (χ2v) is 5.13. The van der Waals surface area contributed by atoms with Gasteiger partial charge < -0.3 is 10.4 Å². The predicted octanol–water partition coefficient (Wildman–Crippen LogP) is 2.84. The predicted molar refractivity (Wildman–Crippen MR) is 85.8 cm³/mol. The average Bonchev–Trinajstić information content (AvgIpc) is 2.61. The summed E-state index contributed by atoms with van der Waals surface area (Å²) in [5.74, 6) is -1.02. The Hall–Kier alpha value is -3.28. The van der Waals surface area contributed by atoms with Crippen LogP contribution in [-0.4, -0.2) is 21.0 Å². The number of rotatable bonds is 4. The van der Waals surface area contributed by atoms with Gasteiger partial charge in [0.25, 0.3) is 5.91 Å². The van der Waals surface area contributed by atoms with Gasteiger partial charge in [-0.3, -0.25) is 14.8 Å². The summed E-state index contributed by atoms with van der Waals surface area (Å²) >= 11 is 0. The molecule has 5 nitrogen and oxygen atoms in total. The molecule has 0 fully saturated rings. The van der Waals surface area contributed by atoms with E-state index in [1.165, 1.54) is 30.6 Å². The highest BCUT2D eigenvalue weighted by atomic mass is 19.1. The quantitative estimate of drug-likeness (QED) is 0.774. The van der Waals surface area contributed by atoms with E-state index in [0.29, 0.717) is 5.56 Å². The number of carbonyl (C=O) groups excluding carboxylic acids is 1. The Morgan fingerprint density at radius 2 is 1.58 bits per heavy atom. The molecule has 2 aromatic heterocycles. The molecule has 2 N–H and O–H groups in total. The number of benzene rings is 1. The molecule has 0 aliphatic carbocycles. The van der Waals surface area contributed by atoms with Crippen LogP contribution in [-0.2, 0) is 0 Å². The van der Waals surface area contributed by atoms with Gasteiger partial charge in [0, 0.05) is 18.6 Å². The van der Waals surface area contributed by atoms with E-state index in [0.717, 1.165) is 5.56 Å². The van der Waals surface area contributed by atoms with Crippen molar-refractivity contribution in [3.63, 3.8) is 0 Å². The lowest BCUT2D eigenvalue weighted by Gasteiger charge is -2.20. The first-order chi connectivity index (χ1) is 11.6. The number of pyridine rings is 2. The highest BCUT2D eigenvalue weighted by molar-refractivity contribution is 5.97. The van der Waals surface area contributed by atoms with Crippen molar-refractivity contribution in [2.45, 2.75) is 6.04 Å². The van der Waals surface area contributed by atoms with Crippen molar-refractivity contribution in [2.75, 3.05) is 0 Å². The molecule has 0 radical (unpaired) electrons. The van der Waals surface area contributed by atoms with Crippen molar-refractivity contribution >= 4 is 5.91 Å². The molecule has 1 atom stereocenters. The van der Waals surface area contributed by atoms with E-state index < -0.39 is 11.9 Å². The van der Waals surface area contributed by atoms with E-state index in [2.05, 4.69) is 15.3 Å². The van der Waals surface area contributed by atoms with Gasteiger partial charge in [0.05, 0.1) is 17.8 Å². The minimum absolute atomic E-state index is 0.117. The number of aromatic hydroxyl groups is 1. The molecule has 2 heterocycles. The fraction of sp³-hybridized carbons (Fsp3) is 0.0556. The summed E-state index contributed by atoms with van der Waals surface area (Å²) in [5.41, 5.74) is 1.62. The van der Waals surface area contributed by atoms with Gasteiger partial charge in [-0.05, 0) is 41.5 Å². The van der Waals surface area contributed by atoms with E-state index in [1.54, 1.807) is 36.7 Å². The normalized spacial score (nSPS) is 11.7. The molecule has 3 aromatic rings. The molecule has 120 valence electrons. The molecular weight excluding hydrogens is 309 g/mol. The number of amides is 1. The minimum atomic E-state index is -0.506. The number of nitrogens with zero attached hydrogens (tertiary/aromatic N) is 2. The Morgan fingerprint density at radius 1 is 0.958 bits per heavy atom. The molecule has 6 heteroatoms. The van der Waals surface area contributed by atoms with Gasteiger partial charge in [0.2, 0.25) is 0 Å². The van der Waals surface area contributed by atoms with Crippen molar-refractivity contribution in [3.8, 4) is 5.75 Å². The first-order valence-corrected chi connectivity index (χ1v) is 7.24. The van der Waals surface area contributed by atoms with Gasteiger partial charge >= 0.3 is 0 Å². The van der Waals surface area contributed by atoms with E-state index in [-0.39, 0.29) is 17.1 Å². The third kappa shape index (κ3) is 3.38. The fourth-order valence-corrected chi connectivity index (χ4v) is 2.36. The van der Waals surface area contributed by atoms with Crippen LogP contribution in [0.2, 0.25) is 0 Å². The highest BCUT2D eigenvalue weighted by Gasteiger charge is 2.19. The van der Waals surface area contributed by atoms with Crippen LogP contribution in [0.15, 0.2) is 67.3 Å². The summed E-state index contributed by atoms with van der Waals surface area (Å²) in [4.78, 5) is 20.2. The zero-order valence-electron chi connectivity index (χ0n) is 12.6. The number of aromatic nitrogens is 2. The van der Waals surface area contributed by atoms with Crippen LogP contribution in [0.3, 0.4) is 0 Å². The SMILES string of the molecule is O=C(N[C@H](c1ccncc1)c1ccc(F)cc1)c1ccncc1O. The summed E-state index contributed by atoms with van der Waals surface area (Å²) in [6.07, 6.45) is 5.85. The Kier molecular flexibility index (Phi) is 4.47. The molecule has 0 aliphatic heterocycles. The molecule has 0 bridgehead atoms. The molecule has 0 spiro atoms. The molecule has 24 heavy (non-hydrogen) atoms. The molecule has 3 rings (SSSR count). The molecule has 0 unspecified atom stereocenters. The minimum Gasteiger partial charge on any atom is -0.505 e. The number of carbonyl (C=O) groups is 1. The van der Waals surface area contributed by atoms with Crippen molar-refractivity contribution < 1.29 is 14.3 Å². The van der Waals surface area contributed by atoms with Gasteiger partial charge in [0.15, 0.2) is 0 Å². The van der Waals surface area contributed by atoms with Crippen LogP contribution in [0.4, 0.5) is 4.39 Å². The maximum absolute atomic E-state index is 13.2. The molecule has 0 aliphatic rings. The molecule has 0 saturated heterocycles. The monoisotopic (exact) mass is 323 g/mol. The highest BCUT2D eigenvalue weighted by Crippen LogP contribution is 2.23. The maximum atomic E-state index is 13.2. The van der Waals surface area contributed by atoms with E-state index in [9.17, 15) is 14.3 Å².